The molecule has 0 unspecified atom stereocenters. The van der Waals surface area contributed by atoms with Crippen molar-refractivity contribution in [3.8, 4) is 23.5 Å². The first-order valence-electron chi connectivity index (χ1n) is 16.5. The molecule has 0 saturated heterocycles. The van der Waals surface area contributed by atoms with Crippen LogP contribution >= 0.6 is 0 Å². The van der Waals surface area contributed by atoms with Crippen molar-refractivity contribution in [3.63, 3.8) is 0 Å². The molecule has 8 aromatic rings. The standard InChI is InChI=1S/C44H36N4/c1-43(2,3)30-16-19-37-34(23-30)35-24-31(44(4,5)6)17-20-38(35)48(37)42-29(26-46)21-27(25-45)22-40(42)47-36-14-10-9-13-33(36)41-32-12-8-7-11-28(32)15-18-39(41)47/h7-24H,1-6H3. The van der Waals surface area contributed by atoms with Crippen LogP contribution in [0.1, 0.15) is 63.8 Å². The average Bonchev–Trinajstić information content (AvgIpc) is 3.59. The molecule has 8 rings (SSSR count). The van der Waals surface area contributed by atoms with Crippen molar-refractivity contribution in [2.45, 2.75) is 52.4 Å². The Morgan fingerprint density at radius 1 is 0.500 bits per heavy atom. The van der Waals surface area contributed by atoms with Gasteiger partial charge in [0.1, 0.15) is 6.07 Å². The van der Waals surface area contributed by atoms with Gasteiger partial charge in [-0.05, 0) is 81.3 Å². The predicted molar refractivity (Wildman–Crippen MR) is 199 cm³/mol. The maximum absolute atomic E-state index is 10.8. The molecule has 0 aliphatic heterocycles. The van der Waals surface area contributed by atoms with Crippen molar-refractivity contribution >= 4 is 54.4 Å². The molecule has 0 atom stereocenters. The molecule has 0 N–H and O–H groups in total. The van der Waals surface area contributed by atoms with Crippen LogP contribution in [0.15, 0.2) is 109 Å². The van der Waals surface area contributed by atoms with Gasteiger partial charge >= 0.3 is 0 Å². The summed E-state index contributed by atoms with van der Waals surface area (Å²) in [4.78, 5) is 0. The zero-order valence-corrected chi connectivity index (χ0v) is 28.2. The summed E-state index contributed by atoms with van der Waals surface area (Å²) in [5.74, 6) is 0. The number of benzene rings is 6. The fourth-order valence-corrected chi connectivity index (χ4v) is 7.37. The van der Waals surface area contributed by atoms with Gasteiger partial charge in [-0.25, -0.2) is 0 Å². The molecule has 2 aromatic heterocycles. The number of nitrogens with zero attached hydrogens (tertiary/aromatic N) is 4. The van der Waals surface area contributed by atoms with E-state index in [4.69, 9.17) is 0 Å². The van der Waals surface area contributed by atoms with Gasteiger partial charge in [0.15, 0.2) is 0 Å². The molecule has 4 heteroatoms. The summed E-state index contributed by atoms with van der Waals surface area (Å²) in [6.45, 7) is 13.5. The summed E-state index contributed by atoms with van der Waals surface area (Å²) < 4.78 is 4.50. The summed E-state index contributed by atoms with van der Waals surface area (Å²) in [7, 11) is 0. The Labute approximate surface area is 280 Å². The second kappa shape index (κ2) is 10.3. The lowest BCUT2D eigenvalue weighted by atomic mass is 9.85. The van der Waals surface area contributed by atoms with Crippen LogP contribution in [0.4, 0.5) is 0 Å². The van der Waals surface area contributed by atoms with Crippen LogP contribution in [0.5, 0.6) is 0 Å². The minimum atomic E-state index is -0.0343. The summed E-state index contributed by atoms with van der Waals surface area (Å²) in [6.07, 6.45) is 0. The second-order valence-electron chi connectivity index (χ2n) is 14.9. The highest BCUT2D eigenvalue weighted by Gasteiger charge is 2.26. The molecule has 48 heavy (non-hydrogen) atoms. The van der Waals surface area contributed by atoms with Gasteiger partial charge in [0.05, 0.1) is 50.6 Å². The third-order valence-corrected chi connectivity index (χ3v) is 9.86. The fraction of sp³-hybridized carbons (Fsp3) is 0.182. The Morgan fingerprint density at radius 3 is 1.67 bits per heavy atom. The van der Waals surface area contributed by atoms with Crippen LogP contribution in [-0.4, -0.2) is 9.13 Å². The van der Waals surface area contributed by atoms with Crippen LogP contribution in [0.25, 0.3) is 65.8 Å². The van der Waals surface area contributed by atoms with Gasteiger partial charge in [-0.3, -0.25) is 0 Å². The lowest BCUT2D eigenvalue weighted by Crippen LogP contribution is -2.11. The fourth-order valence-electron chi connectivity index (χ4n) is 7.37. The van der Waals surface area contributed by atoms with Crippen LogP contribution in [-0.2, 0) is 10.8 Å². The molecule has 0 amide bonds. The van der Waals surface area contributed by atoms with Crippen molar-refractivity contribution in [1.29, 1.82) is 10.5 Å². The zero-order valence-electron chi connectivity index (χ0n) is 28.2. The number of hydrogen-bond donors (Lipinski definition) is 0. The number of nitriles is 2. The van der Waals surface area contributed by atoms with Crippen molar-refractivity contribution in [2.24, 2.45) is 0 Å². The van der Waals surface area contributed by atoms with E-state index in [2.05, 4.69) is 160 Å². The summed E-state index contributed by atoms with van der Waals surface area (Å²) >= 11 is 0. The Balaban J connectivity index is 1.58. The van der Waals surface area contributed by atoms with Crippen LogP contribution in [0.2, 0.25) is 0 Å². The SMILES string of the molecule is CC(C)(C)c1ccc2c(c1)c1cc(C(C)(C)C)ccc1n2-c1c(C#N)cc(C#N)cc1-n1c2ccccc2c2c3ccccc3ccc21. The van der Waals surface area contributed by atoms with Crippen LogP contribution in [0, 0.1) is 22.7 Å². The van der Waals surface area contributed by atoms with Gasteiger partial charge in [-0.15, -0.1) is 0 Å². The molecule has 6 aromatic carbocycles. The van der Waals surface area contributed by atoms with E-state index in [1.165, 1.54) is 21.9 Å². The molecule has 0 aliphatic rings. The minimum Gasteiger partial charge on any atom is -0.307 e. The molecule has 2 heterocycles. The van der Waals surface area contributed by atoms with Crippen LogP contribution < -0.4 is 0 Å². The van der Waals surface area contributed by atoms with Crippen LogP contribution in [0.3, 0.4) is 0 Å². The van der Waals surface area contributed by atoms with Crippen molar-refractivity contribution in [1.82, 2.24) is 9.13 Å². The first kappa shape index (κ1) is 29.6. The summed E-state index contributed by atoms with van der Waals surface area (Å²) in [5.41, 5.74) is 9.00. The summed E-state index contributed by atoms with van der Waals surface area (Å²) in [6, 6.07) is 43.2. The van der Waals surface area contributed by atoms with Crippen molar-refractivity contribution < 1.29 is 0 Å². The highest BCUT2D eigenvalue weighted by Crippen LogP contribution is 2.43. The van der Waals surface area contributed by atoms with E-state index >= 15 is 0 Å². The van der Waals surface area contributed by atoms with Gasteiger partial charge in [0.2, 0.25) is 0 Å². The smallest absolute Gasteiger partial charge is 0.101 e. The maximum Gasteiger partial charge on any atom is 0.101 e. The Bertz CT molecular complexity index is 2640. The second-order valence-corrected chi connectivity index (χ2v) is 14.9. The van der Waals surface area contributed by atoms with Gasteiger partial charge in [-0.2, -0.15) is 10.5 Å². The topological polar surface area (TPSA) is 57.4 Å². The van der Waals surface area contributed by atoms with Crippen molar-refractivity contribution in [2.75, 3.05) is 0 Å². The molecular weight excluding hydrogens is 585 g/mol. The van der Waals surface area contributed by atoms with E-state index in [-0.39, 0.29) is 10.8 Å². The molecule has 0 spiro atoms. The van der Waals surface area contributed by atoms with E-state index < -0.39 is 0 Å². The quantitative estimate of drug-likeness (QED) is 0.193. The highest BCUT2D eigenvalue weighted by atomic mass is 15.1. The lowest BCUT2D eigenvalue weighted by molar-refractivity contribution is 0.590. The molecule has 0 saturated carbocycles. The third kappa shape index (κ3) is 4.34. The lowest BCUT2D eigenvalue weighted by Gasteiger charge is -2.20. The molecule has 4 nitrogen and oxygen atoms in total. The Morgan fingerprint density at radius 2 is 1.06 bits per heavy atom. The predicted octanol–water partition coefficient (Wildman–Crippen LogP) is 11.4. The molecule has 0 radical (unpaired) electrons. The van der Waals surface area contributed by atoms with E-state index in [0.29, 0.717) is 11.1 Å². The van der Waals surface area contributed by atoms with Gasteiger partial charge in [0.25, 0.3) is 0 Å². The average molecular weight is 621 g/mol. The van der Waals surface area contributed by atoms with Gasteiger partial charge in [-0.1, -0.05) is 102 Å². The largest absolute Gasteiger partial charge is 0.307 e. The first-order valence-corrected chi connectivity index (χ1v) is 16.5. The number of para-hydroxylation sites is 1. The third-order valence-electron chi connectivity index (χ3n) is 9.86. The monoisotopic (exact) mass is 620 g/mol. The van der Waals surface area contributed by atoms with E-state index in [1.54, 1.807) is 6.07 Å². The molecule has 0 aliphatic carbocycles. The Hall–Kier alpha value is -5.84. The molecule has 0 fully saturated rings. The minimum absolute atomic E-state index is 0.0343. The maximum atomic E-state index is 10.8. The first-order chi connectivity index (χ1) is 23.0. The van der Waals surface area contributed by atoms with E-state index in [9.17, 15) is 10.5 Å². The molecule has 232 valence electrons. The number of hydrogen-bond acceptors (Lipinski definition) is 2. The molecule has 0 bridgehead atoms. The van der Waals surface area contributed by atoms with Gasteiger partial charge in [0, 0.05) is 21.5 Å². The zero-order chi connectivity index (χ0) is 33.5. The van der Waals surface area contributed by atoms with Crippen molar-refractivity contribution in [3.05, 3.63) is 131 Å². The molecular formula is C44H36N4. The number of aromatic nitrogens is 2. The van der Waals surface area contributed by atoms with E-state index in [1.807, 2.05) is 6.07 Å². The summed E-state index contributed by atoms with van der Waals surface area (Å²) in [5, 5.41) is 28.0. The highest BCUT2D eigenvalue weighted by molar-refractivity contribution is 6.21. The number of fused-ring (bicyclic) bond motifs is 8. The Kier molecular flexibility index (Phi) is 6.36. The van der Waals surface area contributed by atoms with E-state index in [0.717, 1.165) is 55.0 Å². The number of rotatable bonds is 2. The normalized spacial score (nSPS) is 12.3. The van der Waals surface area contributed by atoms with Gasteiger partial charge < -0.3 is 9.13 Å².